The van der Waals surface area contributed by atoms with E-state index < -0.39 is 5.79 Å². The highest BCUT2D eigenvalue weighted by atomic mass is 16.7. The summed E-state index contributed by atoms with van der Waals surface area (Å²) in [7, 11) is 3.12. The third-order valence-corrected chi connectivity index (χ3v) is 2.76. The lowest BCUT2D eigenvalue weighted by molar-refractivity contribution is -0.239. The monoisotopic (exact) mass is 189 g/mol. The molecule has 14 heavy (non-hydrogen) atoms. The summed E-state index contributed by atoms with van der Waals surface area (Å²) in [6.45, 7) is 0. The van der Waals surface area contributed by atoms with E-state index in [0.717, 1.165) is 11.1 Å². The molecule has 0 saturated carbocycles. The van der Waals surface area contributed by atoms with Gasteiger partial charge in [-0.3, -0.25) is 0 Å². The van der Waals surface area contributed by atoms with Crippen molar-refractivity contribution < 1.29 is 9.47 Å². The highest BCUT2D eigenvalue weighted by Crippen LogP contribution is 2.52. The Labute approximate surface area is 82.9 Å². The first-order valence-electron chi connectivity index (χ1n) is 4.39. The Kier molecular flexibility index (Phi) is 2.03. The topological polar surface area (TPSA) is 42.2 Å². The first kappa shape index (κ1) is 9.20. The molecule has 1 aromatic rings. The third kappa shape index (κ3) is 0.872. The molecule has 1 aliphatic rings. The van der Waals surface area contributed by atoms with E-state index >= 15 is 0 Å². The molecule has 0 fully saturated rings. The van der Waals surface area contributed by atoms with Gasteiger partial charge in [0.25, 0.3) is 0 Å². The lowest BCUT2D eigenvalue weighted by Gasteiger charge is -2.44. The number of ether oxygens (including phenoxy) is 2. The second kappa shape index (κ2) is 3.09. The highest BCUT2D eigenvalue weighted by Gasteiger charge is 2.53. The van der Waals surface area contributed by atoms with Gasteiger partial charge in [-0.1, -0.05) is 24.3 Å². The smallest absolute Gasteiger partial charge is 0.215 e. The highest BCUT2D eigenvalue weighted by molar-refractivity contribution is 5.49. The van der Waals surface area contributed by atoms with Crippen LogP contribution in [0.3, 0.4) is 0 Å². The number of benzene rings is 1. The normalized spacial score (nSPS) is 21.9. The molecule has 0 saturated heterocycles. The molecule has 1 aromatic carbocycles. The molecular formula is C11H11NO2. The first-order chi connectivity index (χ1) is 6.80. The summed E-state index contributed by atoms with van der Waals surface area (Å²) in [6, 6.07) is 9.89. The van der Waals surface area contributed by atoms with Crippen molar-refractivity contribution >= 4 is 0 Å². The van der Waals surface area contributed by atoms with Crippen molar-refractivity contribution in [1.29, 1.82) is 5.26 Å². The summed E-state index contributed by atoms with van der Waals surface area (Å²) in [4.78, 5) is 0. The SMILES string of the molecule is COC1(OC)c2ccccc2C1C#N. The molecule has 0 aliphatic heterocycles. The van der Waals surface area contributed by atoms with Gasteiger partial charge in [0.1, 0.15) is 5.92 Å². The minimum absolute atomic E-state index is 0.325. The van der Waals surface area contributed by atoms with Crippen LogP contribution in [-0.4, -0.2) is 14.2 Å². The van der Waals surface area contributed by atoms with Crippen LogP contribution in [0.25, 0.3) is 0 Å². The summed E-state index contributed by atoms with van der Waals surface area (Å²) in [5.41, 5.74) is 1.95. The average molecular weight is 189 g/mol. The Morgan fingerprint density at radius 1 is 1.29 bits per heavy atom. The molecule has 3 heteroatoms. The zero-order valence-electron chi connectivity index (χ0n) is 8.15. The van der Waals surface area contributed by atoms with Crippen molar-refractivity contribution in [3.05, 3.63) is 35.4 Å². The molecule has 3 nitrogen and oxygen atoms in total. The van der Waals surface area contributed by atoms with Crippen molar-refractivity contribution in [2.24, 2.45) is 0 Å². The zero-order chi connectivity index (χ0) is 10.2. The van der Waals surface area contributed by atoms with Crippen LogP contribution in [0.1, 0.15) is 17.0 Å². The molecule has 0 spiro atoms. The van der Waals surface area contributed by atoms with E-state index in [1.165, 1.54) is 0 Å². The van der Waals surface area contributed by atoms with Crippen LogP contribution in [0.2, 0.25) is 0 Å². The Bertz CT molecular complexity index is 391. The fourth-order valence-electron chi connectivity index (χ4n) is 2.04. The summed E-state index contributed by atoms with van der Waals surface area (Å²) >= 11 is 0. The van der Waals surface area contributed by atoms with E-state index in [2.05, 4.69) is 6.07 Å². The van der Waals surface area contributed by atoms with Crippen LogP contribution in [0.15, 0.2) is 24.3 Å². The summed E-state index contributed by atoms with van der Waals surface area (Å²) in [6.07, 6.45) is 0. The average Bonchev–Trinajstić information content (AvgIpc) is 2.22. The molecule has 1 atom stereocenters. The number of nitrogens with zero attached hydrogens (tertiary/aromatic N) is 1. The van der Waals surface area contributed by atoms with Crippen molar-refractivity contribution in [2.45, 2.75) is 11.7 Å². The number of methoxy groups -OCH3 is 2. The standard InChI is InChI=1S/C11H11NO2/c1-13-11(14-2)9-6-4-3-5-8(9)10(11)7-12/h3-6,10H,1-2H3. The number of hydrogen-bond donors (Lipinski definition) is 0. The fraction of sp³-hybridized carbons (Fsp3) is 0.364. The van der Waals surface area contributed by atoms with Crippen LogP contribution in [0.5, 0.6) is 0 Å². The predicted molar refractivity (Wildman–Crippen MR) is 50.5 cm³/mol. The Morgan fingerprint density at radius 3 is 2.50 bits per heavy atom. The molecule has 0 amide bonds. The number of nitriles is 1. The van der Waals surface area contributed by atoms with Gasteiger partial charge in [-0.25, -0.2) is 0 Å². The Balaban J connectivity index is 2.54. The van der Waals surface area contributed by atoms with E-state index in [1.54, 1.807) is 14.2 Å². The van der Waals surface area contributed by atoms with Gasteiger partial charge in [0, 0.05) is 19.8 Å². The van der Waals surface area contributed by atoms with Gasteiger partial charge in [0.05, 0.1) is 6.07 Å². The van der Waals surface area contributed by atoms with E-state index in [4.69, 9.17) is 14.7 Å². The molecule has 0 heterocycles. The second-order valence-corrected chi connectivity index (χ2v) is 3.23. The van der Waals surface area contributed by atoms with Crippen LogP contribution >= 0.6 is 0 Å². The third-order valence-electron chi connectivity index (χ3n) is 2.76. The zero-order valence-corrected chi connectivity index (χ0v) is 8.15. The number of hydrogen-bond acceptors (Lipinski definition) is 3. The van der Waals surface area contributed by atoms with Gasteiger partial charge in [0.15, 0.2) is 0 Å². The van der Waals surface area contributed by atoms with Gasteiger partial charge in [0.2, 0.25) is 5.79 Å². The molecule has 0 bridgehead atoms. The van der Waals surface area contributed by atoms with Crippen LogP contribution in [-0.2, 0) is 15.3 Å². The summed E-state index contributed by atoms with van der Waals surface area (Å²) in [5, 5.41) is 9.02. The minimum Gasteiger partial charge on any atom is -0.348 e. The van der Waals surface area contributed by atoms with Crippen LogP contribution < -0.4 is 0 Å². The van der Waals surface area contributed by atoms with E-state index in [0.29, 0.717) is 0 Å². The maximum atomic E-state index is 9.02. The van der Waals surface area contributed by atoms with Gasteiger partial charge in [-0.15, -0.1) is 0 Å². The largest absolute Gasteiger partial charge is 0.348 e. The molecule has 0 aromatic heterocycles. The van der Waals surface area contributed by atoms with Crippen LogP contribution in [0.4, 0.5) is 0 Å². The molecule has 0 radical (unpaired) electrons. The lowest BCUT2D eigenvalue weighted by Crippen LogP contribution is -2.46. The van der Waals surface area contributed by atoms with E-state index in [1.807, 2.05) is 24.3 Å². The number of fused-ring (bicyclic) bond motifs is 1. The fourth-order valence-corrected chi connectivity index (χ4v) is 2.04. The molecule has 2 rings (SSSR count). The lowest BCUT2D eigenvalue weighted by atomic mass is 9.72. The Morgan fingerprint density at radius 2 is 1.93 bits per heavy atom. The molecule has 1 unspecified atom stereocenters. The molecule has 1 aliphatic carbocycles. The van der Waals surface area contributed by atoms with E-state index in [-0.39, 0.29) is 5.92 Å². The number of rotatable bonds is 2. The van der Waals surface area contributed by atoms with Gasteiger partial charge in [-0.2, -0.15) is 5.26 Å². The molecule has 0 N–H and O–H groups in total. The maximum absolute atomic E-state index is 9.02. The molecule has 72 valence electrons. The quantitative estimate of drug-likeness (QED) is 0.665. The predicted octanol–water partition coefficient (Wildman–Crippen LogP) is 1.75. The van der Waals surface area contributed by atoms with Crippen LogP contribution in [0, 0.1) is 11.3 Å². The first-order valence-corrected chi connectivity index (χ1v) is 4.39. The van der Waals surface area contributed by atoms with Crippen molar-refractivity contribution in [2.75, 3.05) is 14.2 Å². The summed E-state index contributed by atoms with van der Waals surface area (Å²) in [5.74, 6) is -1.18. The summed E-state index contributed by atoms with van der Waals surface area (Å²) < 4.78 is 10.6. The van der Waals surface area contributed by atoms with Gasteiger partial charge >= 0.3 is 0 Å². The minimum atomic E-state index is -0.856. The van der Waals surface area contributed by atoms with Gasteiger partial charge in [-0.05, 0) is 5.56 Å². The van der Waals surface area contributed by atoms with E-state index in [9.17, 15) is 0 Å². The Hall–Kier alpha value is -1.37. The van der Waals surface area contributed by atoms with Gasteiger partial charge < -0.3 is 9.47 Å². The molecular weight excluding hydrogens is 178 g/mol. The van der Waals surface area contributed by atoms with Crippen molar-refractivity contribution in [3.8, 4) is 6.07 Å². The van der Waals surface area contributed by atoms with Crippen molar-refractivity contribution in [3.63, 3.8) is 0 Å². The maximum Gasteiger partial charge on any atom is 0.215 e. The second-order valence-electron chi connectivity index (χ2n) is 3.23. The van der Waals surface area contributed by atoms with Crippen molar-refractivity contribution in [1.82, 2.24) is 0 Å².